The van der Waals surface area contributed by atoms with Crippen molar-refractivity contribution >= 4 is 5.71 Å². The number of rotatable bonds is 6. The van der Waals surface area contributed by atoms with Crippen LogP contribution in [0.25, 0.3) is 0 Å². The summed E-state index contributed by atoms with van der Waals surface area (Å²) in [4.78, 5) is 4.39. The van der Waals surface area contributed by atoms with Crippen molar-refractivity contribution in [2.24, 2.45) is 10.9 Å². The molecule has 15 heavy (non-hydrogen) atoms. The highest BCUT2D eigenvalue weighted by molar-refractivity contribution is 5.98. The van der Waals surface area contributed by atoms with Gasteiger partial charge in [0.25, 0.3) is 0 Å². The van der Waals surface area contributed by atoms with E-state index in [-0.39, 0.29) is 6.04 Å². The summed E-state index contributed by atoms with van der Waals surface area (Å²) in [6.07, 6.45) is 3.70. The van der Waals surface area contributed by atoms with Crippen LogP contribution in [0.2, 0.25) is 0 Å². The Kier molecular flexibility index (Phi) is 6.97. The lowest BCUT2D eigenvalue weighted by Gasteiger charge is -2.15. The molecule has 1 N–H and O–H groups in total. The summed E-state index contributed by atoms with van der Waals surface area (Å²) < 4.78 is 0. The van der Waals surface area contributed by atoms with Gasteiger partial charge in [-0.25, -0.2) is 0 Å². The molecule has 2 nitrogen and oxygen atoms in total. The zero-order chi connectivity index (χ0) is 11.8. The summed E-state index contributed by atoms with van der Waals surface area (Å²) in [5.74, 6) is 0.655. The van der Waals surface area contributed by atoms with Gasteiger partial charge >= 0.3 is 0 Å². The molecule has 0 rings (SSSR count). The Bertz CT molecular complexity index is 245. The molecule has 0 radical (unpaired) electrons. The summed E-state index contributed by atoms with van der Waals surface area (Å²) in [6.45, 7) is 15.4. The number of hydrogen-bond donors (Lipinski definition) is 1. The molecule has 0 aromatic heterocycles. The van der Waals surface area contributed by atoms with Gasteiger partial charge in [0.1, 0.15) is 0 Å². The van der Waals surface area contributed by atoms with Crippen molar-refractivity contribution in [1.29, 1.82) is 0 Å². The second-order valence-corrected chi connectivity index (χ2v) is 4.49. The number of aliphatic imine (C=N–C) groups is 1. The third kappa shape index (κ3) is 7.09. The molecule has 0 saturated heterocycles. The Hall–Kier alpha value is -0.890. The molecule has 0 aromatic carbocycles. The standard InChI is InChI=1S/C13H24N2/c1-7-13(15-9-11(4)5)12(6)14-8-10(2)3/h7,9-10,12,14H,1,8H2,2-6H3. The molecule has 0 aliphatic heterocycles. The summed E-state index contributed by atoms with van der Waals surface area (Å²) in [5, 5.41) is 3.43. The van der Waals surface area contributed by atoms with Crippen LogP contribution in [0.5, 0.6) is 0 Å². The molecule has 86 valence electrons. The van der Waals surface area contributed by atoms with Crippen molar-refractivity contribution in [3.63, 3.8) is 0 Å². The van der Waals surface area contributed by atoms with Crippen LogP contribution in [-0.2, 0) is 0 Å². The lowest BCUT2D eigenvalue weighted by Crippen LogP contribution is -2.35. The Balaban J connectivity index is 4.34. The van der Waals surface area contributed by atoms with Crippen LogP contribution >= 0.6 is 0 Å². The maximum Gasteiger partial charge on any atom is 0.0564 e. The molecular formula is C13H24N2. The first-order chi connectivity index (χ1) is 6.97. The van der Waals surface area contributed by atoms with Crippen molar-refractivity contribution in [2.45, 2.75) is 40.7 Å². The predicted octanol–water partition coefficient (Wildman–Crippen LogP) is 3.17. The van der Waals surface area contributed by atoms with Gasteiger partial charge in [-0.15, -0.1) is 0 Å². The summed E-state index contributed by atoms with van der Waals surface area (Å²) in [5.41, 5.74) is 2.20. The lowest BCUT2D eigenvalue weighted by atomic mass is 10.1. The minimum absolute atomic E-state index is 0.264. The van der Waals surface area contributed by atoms with E-state index in [1.165, 1.54) is 5.57 Å². The Morgan fingerprint density at radius 2 is 1.93 bits per heavy atom. The molecule has 0 aliphatic carbocycles. The second kappa shape index (κ2) is 7.41. The SMILES string of the molecule is C=CC(=NC=C(C)C)C(C)NCC(C)C. The third-order valence-electron chi connectivity index (χ3n) is 1.96. The minimum atomic E-state index is 0.264. The molecule has 0 bridgehead atoms. The fraction of sp³-hybridized carbons (Fsp3) is 0.615. The molecule has 2 heteroatoms. The van der Waals surface area contributed by atoms with Gasteiger partial charge in [0.05, 0.1) is 5.71 Å². The van der Waals surface area contributed by atoms with E-state index in [0.717, 1.165) is 12.3 Å². The van der Waals surface area contributed by atoms with Gasteiger partial charge in [-0.2, -0.15) is 0 Å². The van der Waals surface area contributed by atoms with E-state index < -0.39 is 0 Å². The fourth-order valence-corrected chi connectivity index (χ4v) is 1.06. The molecule has 0 amide bonds. The van der Waals surface area contributed by atoms with E-state index >= 15 is 0 Å². The van der Waals surface area contributed by atoms with Gasteiger partial charge < -0.3 is 5.32 Å². The smallest absolute Gasteiger partial charge is 0.0564 e. The van der Waals surface area contributed by atoms with Gasteiger partial charge in [-0.05, 0) is 39.3 Å². The summed E-state index contributed by atoms with van der Waals surface area (Å²) in [6, 6.07) is 0.264. The first kappa shape index (κ1) is 14.1. The van der Waals surface area contributed by atoms with E-state index in [4.69, 9.17) is 0 Å². The van der Waals surface area contributed by atoms with Crippen LogP contribution < -0.4 is 5.32 Å². The van der Waals surface area contributed by atoms with Crippen LogP contribution in [-0.4, -0.2) is 18.3 Å². The number of nitrogens with zero attached hydrogens (tertiary/aromatic N) is 1. The highest BCUT2D eigenvalue weighted by Crippen LogP contribution is 1.97. The second-order valence-electron chi connectivity index (χ2n) is 4.49. The third-order valence-corrected chi connectivity index (χ3v) is 1.96. The van der Waals surface area contributed by atoms with Crippen molar-refractivity contribution < 1.29 is 0 Å². The van der Waals surface area contributed by atoms with Crippen LogP contribution in [0.4, 0.5) is 0 Å². The average molecular weight is 208 g/mol. The van der Waals surface area contributed by atoms with Crippen LogP contribution in [0.1, 0.15) is 34.6 Å². The summed E-state index contributed by atoms with van der Waals surface area (Å²) in [7, 11) is 0. The van der Waals surface area contributed by atoms with E-state index in [9.17, 15) is 0 Å². The molecule has 0 aromatic rings. The first-order valence-corrected chi connectivity index (χ1v) is 5.54. The van der Waals surface area contributed by atoms with E-state index in [2.05, 4.69) is 37.7 Å². The van der Waals surface area contributed by atoms with Gasteiger partial charge in [-0.1, -0.05) is 26.0 Å². The van der Waals surface area contributed by atoms with Crippen molar-refractivity contribution in [2.75, 3.05) is 6.54 Å². The lowest BCUT2D eigenvalue weighted by molar-refractivity contribution is 0.539. The van der Waals surface area contributed by atoms with Crippen molar-refractivity contribution in [3.05, 3.63) is 24.4 Å². The maximum atomic E-state index is 4.39. The minimum Gasteiger partial charge on any atom is -0.309 e. The van der Waals surface area contributed by atoms with E-state index in [1.54, 1.807) is 0 Å². The highest BCUT2D eigenvalue weighted by atomic mass is 14.9. The highest BCUT2D eigenvalue weighted by Gasteiger charge is 2.06. The predicted molar refractivity (Wildman–Crippen MR) is 69.4 cm³/mol. The maximum absolute atomic E-state index is 4.39. The molecule has 0 heterocycles. The Morgan fingerprint density at radius 3 is 2.33 bits per heavy atom. The van der Waals surface area contributed by atoms with Crippen LogP contribution in [0.3, 0.4) is 0 Å². The average Bonchev–Trinajstić information content (AvgIpc) is 2.15. The van der Waals surface area contributed by atoms with Gasteiger partial charge in [0, 0.05) is 12.2 Å². The number of hydrogen-bond acceptors (Lipinski definition) is 2. The largest absolute Gasteiger partial charge is 0.309 e. The molecule has 0 aliphatic rings. The molecule has 1 atom stereocenters. The van der Waals surface area contributed by atoms with E-state index in [1.807, 2.05) is 26.1 Å². The Labute approximate surface area is 94.2 Å². The van der Waals surface area contributed by atoms with Crippen molar-refractivity contribution in [3.8, 4) is 0 Å². The first-order valence-electron chi connectivity index (χ1n) is 5.54. The summed E-state index contributed by atoms with van der Waals surface area (Å²) >= 11 is 0. The van der Waals surface area contributed by atoms with Crippen LogP contribution in [0.15, 0.2) is 29.4 Å². The monoisotopic (exact) mass is 208 g/mol. The molecule has 1 unspecified atom stereocenters. The fourth-order valence-electron chi connectivity index (χ4n) is 1.06. The molecular weight excluding hydrogens is 184 g/mol. The van der Waals surface area contributed by atoms with Crippen LogP contribution in [0, 0.1) is 5.92 Å². The van der Waals surface area contributed by atoms with Crippen molar-refractivity contribution in [1.82, 2.24) is 5.32 Å². The molecule has 0 fully saturated rings. The van der Waals surface area contributed by atoms with Gasteiger partial charge in [0.2, 0.25) is 0 Å². The topological polar surface area (TPSA) is 24.4 Å². The van der Waals surface area contributed by atoms with Gasteiger partial charge in [0.15, 0.2) is 0 Å². The number of nitrogens with one attached hydrogen (secondary N) is 1. The molecule has 0 spiro atoms. The normalized spacial score (nSPS) is 13.9. The quantitative estimate of drug-likeness (QED) is 0.666. The van der Waals surface area contributed by atoms with E-state index in [0.29, 0.717) is 5.92 Å². The number of allylic oxidation sites excluding steroid dienone is 1. The Morgan fingerprint density at radius 1 is 1.33 bits per heavy atom. The zero-order valence-corrected chi connectivity index (χ0v) is 10.7. The van der Waals surface area contributed by atoms with Gasteiger partial charge in [-0.3, -0.25) is 4.99 Å². The zero-order valence-electron chi connectivity index (χ0n) is 10.7. The molecule has 0 saturated carbocycles.